The molecule has 0 atom stereocenters. The Bertz CT molecular complexity index is 1310. The summed E-state index contributed by atoms with van der Waals surface area (Å²) >= 11 is 2.81. The maximum Gasteiger partial charge on any atom is 0.324 e. The number of fused-ring (bicyclic) bond motifs is 3. The first-order chi connectivity index (χ1) is 15.4. The van der Waals surface area contributed by atoms with E-state index in [2.05, 4.69) is 5.32 Å². The van der Waals surface area contributed by atoms with Crippen molar-refractivity contribution in [2.24, 2.45) is 0 Å². The smallest absolute Gasteiger partial charge is 0.324 e. The summed E-state index contributed by atoms with van der Waals surface area (Å²) in [6, 6.07) is 5.55. The molecule has 1 N–H and O–H groups in total. The maximum atomic E-state index is 13.8. The SMILES string of the molecule is Cc1ccc(-n2c(SCC(=O)N3CCNC3=O)nc3sc4c(c3c2=O)CCCC4)cc1C. The quantitative estimate of drug-likeness (QED) is 0.467. The zero-order valence-corrected chi connectivity index (χ0v) is 19.7. The minimum atomic E-state index is -0.364. The van der Waals surface area contributed by atoms with E-state index in [9.17, 15) is 14.4 Å². The number of thiophene rings is 1. The third-order valence-electron chi connectivity index (χ3n) is 6.19. The molecule has 2 aromatic heterocycles. The molecule has 3 amide bonds. The van der Waals surface area contributed by atoms with E-state index in [1.807, 2.05) is 32.0 Å². The van der Waals surface area contributed by atoms with Gasteiger partial charge in [0.1, 0.15) is 4.83 Å². The Morgan fingerprint density at radius 1 is 1.19 bits per heavy atom. The number of carbonyl (C=O) groups is 2. The van der Waals surface area contributed by atoms with Crippen molar-refractivity contribution in [1.82, 2.24) is 19.8 Å². The second-order valence-corrected chi connectivity index (χ2v) is 10.3. The minimum Gasteiger partial charge on any atom is -0.336 e. The van der Waals surface area contributed by atoms with Gasteiger partial charge in [0.25, 0.3) is 5.56 Å². The van der Waals surface area contributed by atoms with Crippen LogP contribution in [-0.2, 0) is 17.6 Å². The normalized spacial score (nSPS) is 15.8. The van der Waals surface area contributed by atoms with Gasteiger partial charge in [-0.3, -0.25) is 19.1 Å². The largest absolute Gasteiger partial charge is 0.336 e. The van der Waals surface area contributed by atoms with Crippen molar-refractivity contribution in [2.75, 3.05) is 18.8 Å². The molecule has 166 valence electrons. The van der Waals surface area contributed by atoms with E-state index in [4.69, 9.17) is 4.98 Å². The van der Waals surface area contributed by atoms with Gasteiger partial charge in [-0.1, -0.05) is 17.8 Å². The van der Waals surface area contributed by atoms with Crippen LogP contribution >= 0.6 is 23.1 Å². The highest BCUT2D eigenvalue weighted by Crippen LogP contribution is 2.35. The molecular weight excluding hydrogens is 444 g/mol. The molecule has 3 heterocycles. The van der Waals surface area contributed by atoms with Crippen molar-refractivity contribution in [1.29, 1.82) is 0 Å². The Morgan fingerprint density at radius 3 is 2.75 bits per heavy atom. The summed E-state index contributed by atoms with van der Waals surface area (Å²) in [5.74, 6) is -0.238. The van der Waals surface area contributed by atoms with Gasteiger partial charge in [0.15, 0.2) is 5.16 Å². The van der Waals surface area contributed by atoms with Crippen LogP contribution in [0.1, 0.15) is 34.4 Å². The number of rotatable bonds is 4. The fraction of sp³-hybridized carbons (Fsp3) is 0.391. The Hall–Kier alpha value is -2.65. The van der Waals surface area contributed by atoms with Crippen LogP contribution in [0.15, 0.2) is 28.2 Å². The molecule has 32 heavy (non-hydrogen) atoms. The number of carbonyl (C=O) groups excluding carboxylic acids is 2. The number of benzene rings is 1. The standard InChI is InChI=1S/C23H24N4O3S2/c1-13-7-8-15(11-14(13)2)27-21(29)19-16-5-3-4-6-17(16)32-20(19)25-23(27)31-12-18(28)26-10-9-24-22(26)30/h7-8,11H,3-6,9-10,12H2,1-2H3,(H,24,30). The van der Waals surface area contributed by atoms with Gasteiger partial charge in [-0.05, 0) is 68.4 Å². The molecular formula is C23H24N4O3S2. The molecule has 1 aliphatic heterocycles. The van der Waals surface area contributed by atoms with Gasteiger partial charge in [0, 0.05) is 18.0 Å². The number of aromatic nitrogens is 2. The number of amides is 3. The highest BCUT2D eigenvalue weighted by Gasteiger charge is 2.27. The van der Waals surface area contributed by atoms with Crippen LogP contribution in [0.2, 0.25) is 0 Å². The molecule has 0 spiro atoms. The van der Waals surface area contributed by atoms with E-state index in [-0.39, 0.29) is 23.3 Å². The summed E-state index contributed by atoms with van der Waals surface area (Å²) in [7, 11) is 0. The Labute approximate surface area is 193 Å². The van der Waals surface area contributed by atoms with E-state index in [0.29, 0.717) is 18.2 Å². The molecule has 0 bridgehead atoms. The zero-order valence-electron chi connectivity index (χ0n) is 18.1. The maximum absolute atomic E-state index is 13.8. The summed E-state index contributed by atoms with van der Waals surface area (Å²) in [5, 5.41) is 3.85. The van der Waals surface area contributed by atoms with Crippen LogP contribution in [0.4, 0.5) is 4.79 Å². The van der Waals surface area contributed by atoms with Crippen LogP contribution in [0, 0.1) is 13.8 Å². The van der Waals surface area contributed by atoms with Gasteiger partial charge >= 0.3 is 6.03 Å². The molecule has 1 fully saturated rings. The highest BCUT2D eigenvalue weighted by atomic mass is 32.2. The molecule has 1 aliphatic carbocycles. The average Bonchev–Trinajstić information content (AvgIpc) is 3.37. The van der Waals surface area contributed by atoms with E-state index in [1.54, 1.807) is 15.9 Å². The molecule has 1 aromatic carbocycles. The first kappa shape index (κ1) is 21.2. The van der Waals surface area contributed by atoms with Crippen LogP contribution < -0.4 is 10.9 Å². The lowest BCUT2D eigenvalue weighted by atomic mass is 9.97. The fourth-order valence-corrected chi connectivity index (χ4v) is 6.48. The predicted molar refractivity (Wildman–Crippen MR) is 127 cm³/mol. The molecule has 0 radical (unpaired) electrons. The predicted octanol–water partition coefficient (Wildman–Crippen LogP) is 3.59. The summed E-state index contributed by atoms with van der Waals surface area (Å²) in [6.45, 7) is 4.89. The molecule has 9 heteroatoms. The lowest BCUT2D eigenvalue weighted by Gasteiger charge is -2.16. The first-order valence-corrected chi connectivity index (χ1v) is 12.6. The van der Waals surface area contributed by atoms with Crippen LogP contribution in [0.3, 0.4) is 0 Å². The minimum absolute atomic E-state index is 0.0430. The number of aryl methyl sites for hydroxylation is 4. The van der Waals surface area contributed by atoms with Gasteiger partial charge in [-0.25, -0.2) is 9.78 Å². The molecule has 5 rings (SSSR count). The van der Waals surface area contributed by atoms with Gasteiger partial charge in [-0.2, -0.15) is 0 Å². The van der Waals surface area contributed by atoms with Crippen molar-refractivity contribution >= 4 is 45.3 Å². The fourth-order valence-electron chi connectivity index (χ4n) is 4.29. The molecule has 3 aromatic rings. The van der Waals surface area contributed by atoms with E-state index in [1.165, 1.54) is 21.5 Å². The van der Waals surface area contributed by atoms with E-state index < -0.39 is 0 Å². The van der Waals surface area contributed by atoms with Gasteiger partial charge in [0.05, 0.1) is 16.8 Å². The van der Waals surface area contributed by atoms with Crippen LogP contribution in [0.25, 0.3) is 15.9 Å². The van der Waals surface area contributed by atoms with Crippen molar-refractivity contribution < 1.29 is 9.59 Å². The summed E-state index contributed by atoms with van der Waals surface area (Å²) < 4.78 is 1.64. The summed E-state index contributed by atoms with van der Waals surface area (Å²) in [5.41, 5.74) is 4.05. The number of thioether (sulfide) groups is 1. The van der Waals surface area contributed by atoms with Crippen molar-refractivity contribution in [3.8, 4) is 5.69 Å². The average molecular weight is 469 g/mol. The van der Waals surface area contributed by atoms with E-state index >= 15 is 0 Å². The highest BCUT2D eigenvalue weighted by molar-refractivity contribution is 7.99. The second kappa shape index (κ2) is 8.37. The molecule has 0 saturated carbocycles. The third kappa shape index (κ3) is 3.63. The van der Waals surface area contributed by atoms with Crippen molar-refractivity contribution in [3.63, 3.8) is 0 Å². The summed E-state index contributed by atoms with van der Waals surface area (Å²) in [4.78, 5) is 46.3. The number of hydrogen-bond acceptors (Lipinski definition) is 6. The molecule has 0 unspecified atom stereocenters. The first-order valence-electron chi connectivity index (χ1n) is 10.8. The number of nitrogens with one attached hydrogen (secondary N) is 1. The second-order valence-electron chi connectivity index (χ2n) is 8.26. The molecule has 1 saturated heterocycles. The van der Waals surface area contributed by atoms with Crippen molar-refractivity contribution in [3.05, 3.63) is 50.1 Å². The summed E-state index contributed by atoms with van der Waals surface area (Å²) in [6.07, 6.45) is 4.13. The van der Waals surface area contributed by atoms with Crippen LogP contribution in [0.5, 0.6) is 0 Å². The van der Waals surface area contributed by atoms with E-state index in [0.717, 1.165) is 58.3 Å². The van der Waals surface area contributed by atoms with Crippen molar-refractivity contribution in [2.45, 2.75) is 44.7 Å². The lowest BCUT2D eigenvalue weighted by molar-refractivity contribution is -0.124. The Kier molecular flexibility index (Phi) is 5.54. The Morgan fingerprint density at radius 2 is 2.00 bits per heavy atom. The van der Waals surface area contributed by atoms with Gasteiger partial charge in [-0.15, -0.1) is 11.3 Å². The van der Waals surface area contributed by atoms with Crippen LogP contribution in [-0.4, -0.2) is 45.2 Å². The van der Waals surface area contributed by atoms with Gasteiger partial charge in [0.2, 0.25) is 5.91 Å². The van der Waals surface area contributed by atoms with Gasteiger partial charge < -0.3 is 5.32 Å². The number of hydrogen-bond donors (Lipinski definition) is 1. The molecule has 2 aliphatic rings. The lowest BCUT2D eigenvalue weighted by Crippen LogP contribution is -2.35. The zero-order chi connectivity index (χ0) is 22.4. The number of urea groups is 1. The topological polar surface area (TPSA) is 84.3 Å². The monoisotopic (exact) mass is 468 g/mol. The number of nitrogens with zero attached hydrogens (tertiary/aromatic N) is 3. The third-order valence-corrected chi connectivity index (χ3v) is 8.30. The number of imide groups is 1. The Balaban J connectivity index is 1.61. The molecule has 7 nitrogen and oxygen atoms in total.